The molecule has 0 saturated heterocycles. The minimum atomic E-state index is -4.85. The number of anilines is 1. The number of methoxy groups -OCH3 is 1. The summed E-state index contributed by atoms with van der Waals surface area (Å²) in [5, 5.41) is 7.77. The van der Waals surface area contributed by atoms with Crippen molar-refractivity contribution in [1.29, 1.82) is 0 Å². The number of nitrogens with one attached hydrogen (secondary N) is 1. The summed E-state index contributed by atoms with van der Waals surface area (Å²) in [5.41, 5.74) is 1.66. The van der Waals surface area contributed by atoms with E-state index in [-0.39, 0.29) is 12.2 Å². The molecule has 158 valence electrons. The van der Waals surface area contributed by atoms with Crippen LogP contribution in [0, 0.1) is 0 Å². The molecule has 0 aliphatic carbocycles. The van der Waals surface area contributed by atoms with Crippen molar-refractivity contribution in [2.24, 2.45) is 5.14 Å². The lowest BCUT2D eigenvalue weighted by Gasteiger charge is -2.14. The molecule has 3 N–H and O–H groups in total. The van der Waals surface area contributed by atoms with E-state index in [0.29, 0.717) is 0 Å². The molecule has 0 atom stereocenters. The van der Waals surface area contributed by atoms with E-state index in [1.165, 1.54) is 6.07 Å². The van der Waals surface area contributed by atoms with Crippen LogP contribution in [0.25, 0.3) is 11.1 Å². The third kappa shape index (κ3) is 5.11. The van der Waals surface area contributed by atoms with Crippen LogP contribution < -0.4 is 15.2 Å². The van der Waals surface area contributed by atoms with Crippen molar-refractivity contribution in [2.75, 3.05) is 12.4 Å². The van der Waals surface area contributed by atoms with E-state index in [9.17, 15) is 21.6 Å². The molecule has 0 fully saturated rings. The first-order valence-electron chi connectivity index (χ1n) is 8.79. The van der Waals surface area contributed by atoms with E-state index in [4.69, 9.17) is 9.88 Å². The van der Waals surface area contributed by atoms with Gasteiger partial charge in [-0.15, -0.1) is 0 Å². The van der Waals surface area contributed by atoms with Crippen LogP contribution in [0.5, 0.6) is 5.75 Å². The van der Waals surface area contributed by atoms with E-state index in [1.54, 1.807) is 7.11 Å². The third-order valence-electron chi connectivity index (χ3n) is 4.47. The number of nitrogens with two attached hydrogens (primary N) is 1. The van der Waals surface area contributed by atoms with Crippen LogP contribution in [-0.2, 0) is 22.7 Å². The number of ether oxygens (including phenoxy) is 1. The summed E-state index contributed by atoms with van der Waals surface area (Å²) in [6, 6.07) is 17.9. The highest BCUT2D eigenvalue weighted by Crippen LogP contribution is 2.35. The van der Waals surface area contributed by atoms with Gasteiger partial charge in [0.05, 0.1) is 17.6 Å². The molecular weight excluding hydrogens is 417 g/mol. The monoisotopic (exact) mass is 436 g/mol. The summed E-state index contributed by atoms with van der Waals surface area (Å²) in [6.45, 7) is 0.259. The Kier molecular flexibility index (Phi) is 6.04. The lowest BCUT2D eigenvalue weighted by molar-refractivity contribution is -0.139. The molecule has 0 amide bonds. The number of alkyl halides is 3. The van der Waals surface area contributed by atoms with Crippen molar-refractivity contribution >= 4 is 15.7 Å². The Bertz CT molecular complexity index is 1130. The summed E-state index contributed by atoms with van der Waals surface area (Å²) in [6.07, 6.45) is -4.85. The van der Waals surface area contributed by atoms with Crippen LogP contribution in [0.1, 0.15) is 11.1 Å². The van der Waals surface area contributed by atoms with Crippen molar-refractivity contribution in [2.45, 2.75) is 17.6 Å². The van der Waals surface area contributed by atoms with Crippen LogP contribution in [0.3, 0.4) is 0 Å². The predicted octanol–water partition coefficient (Wildman–Crippen LogP) is 4.64. The van der Waals surface area contributed by atoms with E-state index < -0.39 is 26.7 Å². The zero-order valence-electron chi connectivity index (χ0n) is 15.9. The second kappa shape index (κ2) is 8.37. The van der Waals surface area contributed by atoms with Crippen molar-refractivity contribution in [3.05, 3.63) is 77.9 Å². The molecule has 0 heterocycles. The largest absolute Gasteiger partial charge is 0.497 e. The van der Waals surface area contributed by atoms with Crippen molar-refractivity contribution in [3.8, 4) is 16.9 Å². The average molecular weight is 436 g/mol. The molecule has 0 saturated carbocycles. The summed E-state index contributed by atoms with van der Waals surface area (Å²) in [4.78, 5) is -0.954. The number of hydrogen-bond acceptors (Lipinski definition) is 4. The first kappa shape index (κ1) is 21.7. The average Bonchev–Trinajstić information content (AvgIpc) is 2.71. The Morgan fingerprint density at radius 1 is 0.933 bits per heavy atom. The van der Waals surface area contributed by atoms with Gasteiger partial charge in [0.2, 0.25) is 10.0 Å². The lowest BCUT2D eigenvalue weighted by atomic mass is 10.0. The lowest BCUT2D eigenvalue weighted by Crippen LogP contribution is -2.19. The van der Waals surface area contributed by atoms with Crippen molar-refractivity contribution in [1.82, 2.24) is 0 Å². The normalized spacial score (nSPS) is 11.9. The quantitative estimate of drug-likeness (QED) is 0.590. The van der Waals surface area contributed by atoms with Gasteiger partial charge in [-0.25, -0.2) is 13.6 Å². The smallest absolute Gasteiger partial charge is 0.417 e. The molecule has 0 unspecified atom stereocenters. The Morgan fingerprint density at radius 3 is 2.00 bits per heavy atom. The highest BCUT2D eigenvalue weighted by Gasteiger charge is 2.36. The van der Waals surface area contributed by atoms with Crippen molar-refractivity contribution < 1.29 is 26.3 Å². The predicted molar refractivity (Wildman–Crippen MR) is 109 cm³/mol. The molecule has 3 rings (SSSR count). The first-order chi connectivity index (χ1) is 14.1. The molecule has 3 aromatic rings. The molecule has 0 aliphatic rings. The fourth-order valence-corrected chi connectivity index (χ4v) is 3.65. The van der Waals surface area contributed by atoms with Gasteiger partial charge in [-0.2, -0.15) is 13.2 Å². The zero-order valence-corrected chi connectivity index (χ0v) is 16.7. The van der Waals surface area contributed by atoms with Gasteiger partial charge in [-0.1, -0.05) is 36.4 Å². The molecular formula is C21H19F3N2O3S. The Labute approximate surface area is 172 Å². The van der Waals surface area contributed by atoms with Crippen molar-refractivity contribution in [3.63, 3.8) is 0 Å². The minimum Gasteiger partial charge on any atom is -0.497 e. The highest BCUT2D eigenvalue weighted by atomic mass is 32.2. The van der Waals surface area contributed by atoms with Gasteiger partial charge in [0, 0.05) is 12.2 Å². The van der Waals surface area contributed by atoms with Gasteiger partial charge in [-0.3, -0.25) is 0 Å². The standard InChI is InChI=1S/C21H19F3N2O3S/c1-29-18-9-6-16(7-10-18)15-4-2-14(3-5-15)13-26-17-8-11-20(30(25,27)28)19(12-17)21(22,23)24/h2-12,26H,13H2,1H3,(H2,25,27,28). The van der Waals surface area contributed by atoms with E-state index in [2.05, 4.69) is 5.32 Å². The SMILES string of the molecule is COc1ccc(-c2ccc(CNc3ccc(S(N)(=O)=O)c(C(F)(F)F)c3)cc2)cc1. The summed E-state index contributed by atoms with van der Waals surface area (Å²) in [5.74, 6) is 0.756. The summed E-state index contributed by atoms with van der Waals surface area (Å²) in [7, 11) is -2.90. The molecule has 0 bridgehead atoms. The summed E-state index contributed by atoms with van der Waals surface area (Å²) < 4.78 is 67.6. The number of rotatable bonds is 6. The number of benzene rings is 3. The van der Waals surface area contributed by atoms with E-state index in [1.807, 2.05) is 48.5 Å². The zero-order chi connectivity index (χ0) is 21.9. The van der Waals surface area contributed by atoms with Crippen LogP contribution >= 0.6 is 0 Å². The molecule has 0 spiro atoms. The Balaban J connectivity index is 1.75. The molecule has 0 radical (unpaired) electrons. The van der Waals surface area contributed by atoms with E-state index >= 15 is 0 Å². The first-order valence-corrected chi connectivity index (χ1v) is 10.3. The molecule has 0 aliphatic heterocycles. The fourth-order valence-electron chi connectivity index (χ4n) is 2.91. The van der Waals surface area contributed by atoms with Crippen LogP contribution in [0.2, 0.25) is 0 Å². The van der Waals surface area contributed by atoms with Crippen LogP contribution in [0.4, 0.5) is 18.9 Å². The molecule has 0 aromatic heterocycles. The van der Waals surface area contributed by atoms with Crippen LogP contribution in [-0.4, -0.2) is 15.5 Å². The molecule has 30 heavy (non-hydrogen) atoms. The van der Waals surface area contributed by atoms with Crippen LogP contribution in [0.15, 0.2) is 71.6 Å². The van der Waals surface area contributed by atoms with Gasteiger partial charge < -0.3 is 10.1 Å². The highest BCUT2D eigenvalue weighted by molar-refractivity contribution is 7.89. The second-order valence-electron chi connectivity index (χ2n) is 6.53. The Morgan fingerprint density at radius 2 is 1.50 bits per heavy atom. The number of sulfonamides is 1. The summed E-state index contributed by atoms with van der Waals surface area (Å²) >= 11 is 0. The van der Waals surface area contributed by atoms with E-state index in [0.717, 1.165) is 34.6 Å². The number of primary sulfonamides is 1. The molecule has 3 aromatic carbocycles. The maximum absolute atomic E-state index is 13.2. The second-order valence-corrected chi connectivity index (χ2v) is 8.06. The molecule has 9 heteroatoms. The maximum atomic E-state index is 13.2. The van der Waals surface area contributed by atoms with Gasteiger partial charge in [0.1, 0.15) is 5.75 Å². The topological polar surface area (TPSA) is 81.4 Å². The molecule has 5 nitrogen and oxygen atoms in total. The number of halogens is 3. The minimum absolute atomic E-state index is 0.133. The van der Waals surface area contributed by atoms with Gasteiger partial charge in [-0.05, 0) is 47.0 Å². The number of hydrogen-bond donors (Lipinski definition) is 2. The fraction of sp³-hybridized carbons (Fsp3) is 0.143. The maximum Gasteiger partial charge on any atom is 0.417 e. The third-order valence-corrected chi connectivity index (χ3v) is 5.43. The van der Waals surface area contributed by atoms with Gasteiger partial charge in [0.25, 0.3) is 0 Å². The van der Waals surface area contributed by atoms with Gasteiger partial charge in [0.15, 0.2) is 0 Å². The van der Waals surface area contributed by atoms with Gasteiger partial charge >= 0.3 is 6.18 Å². The Hall–Kier alpha value is -3.04.